The second-order valence-corrected chi connectivity index (χ2v) is 4.51. The van der Waals surface area contributed by atoms with E-state index in [1.807, 2.05) is 24.4 Å². The van der Waals surface area contributed by atoms with Gasteiger partial charge < -0.3 is 10.7 Å². The van der Waals surface area contributed by atoms with E-state index in [9.17, 15) is 0 Å². The zero-order chi connectivity index (χ0) is 11.1. The Morgan fingerprint density at radius 2 is 2.12 bits per heavy atom. The zero-order valence-corrected chi connectivity index (χ0v) is 9.88. The van der Waals surface area contributed by atoms with E-state index in [0.29, 0.717) is 5.82 Å². The first kappa shape index (κ1) is 9.47. The van der Waals surface area contributed by atoms with Gasteiger partial charge in [0.05, 0.1) is 5.69 Å². The molecule has 0 atom stereocenters. The number of rotatable bonds is 1. The first-order valence-electron chi connectivity index (χ1n) is 4.82. The predicted octanol–water partition coefficient (Wildman–Crippen LogP) is 2.90. The fourth-order valence-corrected chi connectivity index (χ4v) is 2.15. The van der Waals surface area contributed by atoms with E-state index >= 15 is 0 Å². The molecule has 80 valence electrons. The van der Waals surface area contributed by atoms with Crippen molar-refractivity contribution >= 4 is 32.7 Å². The van der Waals surface area contributed by atoms with Crippen LogP contribution in [0.2, 0.25) is 0 Å². The van der Waals surface area contributed by atoms with Crippen molar-refractivity contribution in [3.63, 3.8) is 0 Å². The first-order valence-corrected chi connectivity index (χ1v) is 5.61. The maximum absolute atomic E-state index is 5.60. The van der Waals surface area contributed by atoms with Crippen molar-refractivity contribution in [1.29, 1.82) is 0 Å². The van der Waals surface area contributed by atoms with Crippen LogP contribution in [0.25, 0.3) is 22.2 Å². The third-order valence-corrected chi connectivity index (χ3v) is 3.02. The fraction of sp³-hybridized carbons (Fsp3) is 0. The van der Waals surface area contributed by atoms with Gasteiger partial charge in [0.15, 0.2) is 0 Å². The molecule has 0 unspecified atom stereocenters. The van der Waals surface area contributed by atoms with E-state index in [0.717, 1.165) is 26.6 Å². The van der Waals surface area contributed by atoms with Crippen molar-refractivity contribution in [2.45, 2.75) is 0 Å². The Bertz CT molecular complexity index is 653. The minimum atomic E-state index is 0.499. The molecule has 0 bridgehead atoms. The third kappa shape index (κ3) is 1.40. The minimum absolute atomic E-state index is 0.499. The number of hydrogen-bond acceptors (Lipinski definition) is 2. The van der Waals surface area contributed by atoms with E-state index in [1.165, 1.54) is 0 Å². The summed E-state index contributed by atoms with van der Waals surface area (Å²) in [6.45, 7) is 0. The molecule has 5 heteroatoms. The summed E-state index contributed by atoms with van der Waals surface area (Å²) in [5.41, 5.74) is 8.67. The maximum Gasteiger partial charge on any atom is 0.145 e. The van der Waals surface area contributed by atoms with E-state index < -0.39 is 0 Å². The molecule has 3 aromatic rings. The zero-order valence-electron chi connectivity index (χ0n) is 8.29. The number of benzene rings is 1. The van der Waals surface area contributed by atoms with Crippen molar-refractivity contribution in [2.75, 3.05) is 5.73 Å². The van der Waals surface area contributed by atoms with E-state index in [2.05, 4.69) is 37.2 Å². The number of fused-ring (bicyclic) bond motifs is 1. The summed E-state index contributed by atoms with van der Waals surface area (Å²) in [7, 11) is 0. The normalized spacial score (nSPS) is 11.1. The largest absolute Gasteiger partial charge is 0.382 e. The Balaban J connectivity index is 2.27. The smallest absolute Gasteiger partial charge is 0.145 e. The molecule has 2 aromatic heterocycles. The predicted molar refractivity (Wildman–Crippen MR) is 68.0 cm³/mol. The summed E-state index contributed by atoms with van der Waals surface area (Å²) < 4.78 is 1.05. The fourth-order valence-electron chi connectivity index (χ4n) is 1.79. The first-order chi connectivity index (χ1) is 7.74. The number of aromatic nitrogens is 3. The van der Waals surface area contributed by atoms with Crippen LogP contribution in [-0.4, -0.2) is 15.2 Å². The van der Waals surface area contributed by atoms with Gasteiger partial charge in [-0.15, -0.1) is 0 Å². The highest BCUT2D eigenvalue weighted by atomic mass is 79.9. The molecule has 0 aliphatic rings. The van der Waals surface area contributed by atoms with Gasteiger partial charge in [-0.25, -0.2) is 0 Å². The number of nitrogens with one attached hydrogen (secondary N) is 2. The van der Waals surface area contributed by atoms with Gasteiger partial charge >= 0.3 is 0 Å². The summed E-state index contributed by atoms with van der Waals surface area (Å²) in [6, 6.07) is 7.92. The molecule has 0 aliphatic carbocycles. The summed E-state index contributed by atoms with van der Waals surface area (Å²) in [4.78, 5) is 3.21. The van der Waals surface area contributed by atoms with Crippen molar-refractivity contribution < 1.29 is 0 Å². The average Bonchev–Trinajstić information content (AvgIpc) is 2.83. The molecule has 4 N–H and O–H groups in total. The van der Waals surface area contributed by atoms with Gasteiger partial charge in [-0.2, -0.15) is 5.10 Å². The highest BCUT2D eigenvalue weighted by Crippen LogP contribution is 2.29. The van der Waals surface area contributed by atoms with Crippen molar-refractivity contribution in [1.82, 2.24) is 15.2 Å². The van der Waals surface area contributed by atoms with Crippen molar-refractivity contribution in [3.8, 4) is 11.3 Å². The Morgan fingerprint density at radius 3 is 2.88 bits per heavy atom. The van der Waals surface area contributed by atoms with Crippen molar-refractivity contribution in [2.24, 2.45) is 0 Å². The SMILES string of the molecule is Nc1cc(-c2c[nH]c3ccc(Br)cc23)[nH]n1. The van der Waals surface area contributed by atoms with Crippen LogP contribution in [0.4, 0.5) is 5.82 Å². The highest BCUT2D eigenvalue weighted by molar-refractivity contribution is 9.10. The Labute approximate surface area is 100.0 Å². The molecule has 0 saturated heterocycles. The second kappa shape index (κ2) is 3.38. The minimum Gasteiger partial charge on any atom is -0.382 e. The molecule has 3 rings (SSSR count). The average molecular weight is 277 g/mol. The lowest BCUT2D eigenvalue weighted by Gasteiger charge is -1.95. The number of anilines is 1. The topological polar surface area (TPSA) is 70.5 Å². The lowest BCUT2D eigenvalue weighted by molar-refractivity contribution is 1.10. The van der Waals surface area contributed by atoms with Gasteiger partial charge in [0.2, 0.25) is 0 Å². The number of halogens is 1. The van der Waals surface area contributed by atoms with Crippen LogP contribution >= 0.6 is 15.9 Å². The lowest BCUT2D eigenvalue weighted by atomic mass is 10.1. The number of aromatic amines is 2. The maximum atomic E-state index is 5.60. The quantitative estimate of drug-likeness (QED) is 0.640. The molecule has 0 saturated carbocycles. The standard InChI is InChI=1S/C11H9BrN4/c12-6-1-2-9-7(3-6)8(5-14-9)10-4-11(13)16-15-10/h1-5,14H,(H3,13,15,16). The molecule has 16 heavy (non-hydrogen) atoms. The molecule has 2 heterocycles. The van der Waals surface area contributed by atoms with E-state index in [4.69, 9.17) is 5.73 Å². The molecular weight excluding hydrogens is 268 g/mol. The summed E-state index contributed by atoms with van der Waals surface area (Å²) in [6.07, 6.45) is 1.95. The van der Waals surface area contributed by atoms with Gasteiger partial charge in [0.25, 0.3) is 0 Å². The summed E-state index contributed by atoms with van der Waals surface area (Å²) in [5.74, 6) is 0.499. The van der Waals surface area contributed by atoms with Gasteiger partial charge in [-0.1, -0.05) is 15.9 Å². The molecular formula is C11H9BrN4. The molecule has 4 nitrogen and oxygen atoms in total. The van der Waals surface area contributed by atoms with Gasteiger partial charge in [-0.05, 0) is 18.2 Å². The van der Waals surface area contributed by atoms with Gasteiger partial charge in [0, 0.05) is 33.2 Å². The highest BCUT2D eigenvalue weighted by Gasteiger charge is 2.08. The number of nitrogen functional groups attached to an aromatic ring is 1. The molecule has 0 fully saturated rings. The molecule has 0 spiro atoms. The monoisotopic (exact) mass is 276 g/mol. The number of H-pyrrole nitrogens is 2. The number of nitrogens with zero attached hydrogens (tertiary/aromatic N) is 1. The van der Waals surface area contributed by atoms with Crippen LogP contribution in [0, 0.1) is 0 Å². The number of hydrogen-bond donors (Lipinski definition) is 3. The van der Waals surface area contributed by atoms with Crippen LogP contribution in [0.15, 0.2) is 34.9 Å². The van der Waals surface area contributed by atoms with Crippen LogP contribution in [0.5, 0.6) is 0 Å². The second-order valence-electron chi connectivity index (χ2n) is 3.60. The van der Waals surface area contributed by atoms with E-state index in [-0.39, 0.29) is 0 Å². The third-order valence-electron chi connectivity index (χ3n) is 2.53. The molecule has 1 aromatic carbocycles. The Morgan fingerprint density at radius 1 is 1.25 bits per heavy atom. The van der Waals surface area contributed by atoms with Crippen LogP contribution < -0.4 is 5.73 Å². The summed E-state index contributed by atoms with van der Waals surface area (Å²) in [5, 5.41) is 7.98. The summed E-state index contributed by atoms with van der Waals surface area (Å²) >= 11 is 3.46. The molecule has 0 amide bonds. The van der Waals surface area contributed by atoms with E-state index in [1.54, 1.807) is 0 Å². The lowest BCUT2D eigenvalue weighted by Crippen LogP contribution is -1.81. The van der Waals surface area contributed by atoms with Crippen LogP contribution in [-0.2, 0) is 0 Å². The van der Waals surface area contributed by atoms with Crippen LogP contribution in [0.3, 0.4) is 0 Å². The Kier molecular flexibility index (Phi) is 2.00. The van der Waals surface area contributed by atoms with Crippen LogP contribution in [0.1, 0.15) is 0 Å². The molecule has 0 radical (unpaired) electrons. The van der Waals surface area contributed by atoms with Gasteiger partial charge in [0.1, 0.15) is 5.82 Å². The number of nitrogens with two attached hydrogens (primary N) is 1. The van der Waals surface area contributed by atoms with Gasteiger partial charge in [-0.3, -0.25) is 5.10 Å². The van der Waals surface area contributed by atoms with Crippen molar-refractivity contribution in [3.05, 3.63) is 34.9 Å². The molecule has 0 aliphatic heterocycles. The Hall–Kier alpha value is -1.75.